The number of likely N-dealkylation sites (tertiary alicyclic amines) is 1. The van der Waals surface area contributed by atoms with Crippen molar-refractivity contribution >= 4 is 5.91 Å². The highest BCUT2D eigenvalue weighted by molar-refractivity contribution is 5.92. The molecule has 0 unspecified atom stereocenters. The van der Waals surface area contributed by atoms with Gasteiger partial charge in [-0.05, 0) is 32.2 Å². The van der Waals surface area contributed by atoms with Crippen LogP contribution < -0.4 is 0 Å². The molecule has 1 N–H and O–H groups in total. The molecule has 150 valence electrons. The zero-order valence-corrected chi connectivity index (χ0v) is 15.8. The number of likely N-dealkylation sites (N-methyl/N-ethyl adjacent to an activating group) is 1. The zero-order valence-electron chi connectivity index (χ0n) is 15.8. The molecule has 2 aliphatic rings. The summed E-state index contributed by atoms with van der Waals surface area (Å²) >= 11 is 0. The number of piperazine rings is 1. The predicted octanol–water partition coefficient (Wildman–Crippen LogP) is 1.21. The first-order chi connectivity index (χ1) is 13.0. The minimum Gasteiger partial charge on any atom is -0.396 e. The van der Waals surface area contributed by atoms with Crippen LogP contribution in [0.1, 0.15) is 29.8 Å². The van der Waals surface area contributed by atoms with E-state index in [1.54, 1.807) is 4.90 Å². The predicted molar refractivity (Wildman–Crippen MR) is 97.3 cm³/mol. The molecule has 0 spiro atoms. The van der Waals surface area contributed by atoms with Crippen LogP contribution in [-0.4, -0.2) is 89.7 Å². The molecule has 3 rings (SSSR count). The maximum absolute atomic E-state index is 14.0. The maximum Gasteiger partial charge on any atom is 0.275 e. The summed E-state index contributed by atoms with van der Waals surface area (Å²) in [6.45, 7) is 5.21. The van der Waals surface area contributed by atoms with Gasteiger partial charge in [0, 0.05) is 58.0 Å². The standard InChI is InChI=1S/C19H28F2N4O2/c1-23-6-8-24(9-7-23)17-4-5-25(13-14(17)3-2-10-26)19(27)18-16(21)11-15(20)12-22-18/h11-12,14,17,26H,2-10,13H2,1H3/t14-,17+/m0/s1. The van der Waals surface area contributed by atoms with Crippen molar-refractivity contribution in [2.45, 2.75) is 25.3 Å². The van der Waals surface area contributed by atoms with E-state index < -0.39 is 17.5 Å². The molecule has 0 aromatic carbocycles. The molecule has 0 bridgehead atoms. The third-order valence-corrected chi connectivity index (χ3v) is 5.73. The quantitative estimate of drug-likeness (QED) is 0.830. The van der Waals surface area contributed by atoms with Gasteiger partial charge < -0.3 is 14.9 Å². The topological polar surface area (TPSA) is 59.9 Å². The molecule has 3 heterocycles. The summed E-state index contributed by atoms with van der Waals surface area (Å²) < 4.78 is 27.0. The number of nitrogens with zero attached hydrogens (tertiary/aromatic N) is 4. The summed E-state index contributed by atoms with van der Waals surface area (Å²) in [7, 11) is 2.12. The van der Waals surface area contributed by atoms with Gasteiger partial charge in [-0.25, -0.2) is 13.8 Å². The smallest absolute Gasteiger partial charge is 0.275 e. The first-order valence-corrected chi connectivity index (χ1v) is 9.63. The van der Waals surface area contributed by atoms with Crippen LogP contribution in [0.4, 0.5) is 8.78 Å². The van der Waals surface area contributed by atoms with E-state index in [4.69, 9.17) is 0 Å². The molecule has 1 amide bonds. The number of carbonyl (C=O) groups excluding carboxylic acids is 1. The Labute approximate surface area is 158 Å². The van der Waals surface area contributed by atoms with Crippen LogP contribution >= 0.6 is 0 Å². The second-order valence-electron chi connectivity index (χ2n) is 7.56. The Balaban J connectivity index is 1.70. The lowest BCUT2D eigenvalue weighted by molar-refractivity contribution is 0.0213. The van der Waals surface area contributed by atoms with E-state index in [2.05, 4.69) is 21.8 Å². The summed E-state index contributed by atoms with van der Waals surface area (Å²) in [5.41, 5.74) is -0.324. The number of rotatable bonds is 5. The minimum atomic E-state index is -0.923. The van der Waals surface area contributed by atoms with Gasteiger partial charge in [-0.1, -0.05) is 0 Å². The lowest BCUT2D eigenvalue weighted by atomic mass is 9.86. The maximum atomic E-state index is 14.0. The van der Waals surface area contributed by atoms with E-state index in [9.17, 15) is 18.7 Å². The molecule has 8 heteroatoms. The molecular weight excluding hydrogens is 354 g/mol. The summed E-state index contributed by atoms with van der Waals surface area (Å²) in [5, 5.41) is 9.25. The van der Waals surface area contributed by atoms with Crippen molar-refractivity contribution in [1.29, 1.82) is 0 Å². The van der Waals surface area contributed by atoms with Gasteiger partial charge in [-0.2, -0.15) is 0 Å². The fraction of sp³-hybridized carbons (Fsp3) is 0.684. The fourth-order valence-electron chi connectivity index (χ4n) is 4.20. The van der Waals surface area contributed by atoms with Gasteiger partial charge in [-0.3, -0.25) is 9.69 Å². The Morgan fingerprint density at radius 2 is 2.00 bits per heavy atom. The molecule has 2 atom stereocenters. The number of halogens is 2. The molecule has 1 aromatic heterocycles. The first kappa shape index (κ1) is 20.1. The van der Waals surface area contributed by atoms with Crippen LogP contribution in [0.5, 0.6) is 0 Å². The Kier molecular flexibility index (Phi) is 6.73. The van der Waals surface area contributed by atoms with Gasteiger partial charge in [0.2, 0.25) is 0 Å². The Hall–Kier alpha value is -1.64. The van der Waals surface area contributed by atoms with Crippen LogP contribution in [0.3, 0.4) is 0 Å². The van der Waals surface area contributed by atoms with E-state index in [-0.39, 0.29) is 18.2 Å². The van der Waals surface area contributed by atoms with Gasteiger partial charge in [0.25, 0.3) is 5.91 Å². The highest BCUT2D eigenvalue weighted by atomic mass is 19.1. The molecular formula is C19H28F2N4O2. The zero-order chi connectivity index (χ0) is 19.4. The Morgan fingerprint density at radius 3 is 2.67 bits per heavy atom. The van der Waals surface area contributed by atoms with Crippen molar-refractivity contribution in [3.8, 4) is 0 Å². The number of hydrogen-bond donors (Lipinski definition) is 1. The number of aliphatic hydroxyl groups is 1. The number of hydrogen-bond acceptors (Lipinski definition) is 5. The van der Waals surface area contributed by atoms with Crippen LogP contribution in [0, 0.1) is 17.6 Å². The van der Waals surface area contributed by atoms with Crippen molar-refractivity contribution in [2.75, 3.05) is 52.9 Å². The average Bonchev–Trinajstić information content (AvgIpc) is 2.66. The van der Waals surface area contributed by atoms with Gasteiger partial charge in [0.05, 0.1) is 6.20 Å². The van der Waals surface area contributed by atoms with Crippen LogP contribution in [0.25, 0.3) is 0 Å². The number of pyridine rings is 1. The van der Waals surface area contributed by atoms with Crippen LogP contribution in [0.2, 0.25) is 0 Å². The highest BCUT2D eigenvalue weighted by Crippen LogP contribution is 2.28. The third kappa shape index (κ3) is 4.80. The van der Waals surface area contributed by atoms with Crippen molar-refractivity contribution in [2.24, 2.45) is 5.92 Å². The van der Waals surface area contributed by atoms with Crippen molar-refractivity contribution in [3.63, 3.8) is 0 Å². The van der Waals surface area contributed by atoms with E-state index >= 15 is 0 Å². The molecule has 6 nitrogen and oxygen atoms in total. The second kappa shape index (κ2) is 9.03. The Morgan fingerprint density at radius 1 is 1.26 bits per heavy atom. The SMILES string of the molecule is CN1CCN([C@@H]2CCN(C(=O)c3ncc(F)cc3F)C[C@@H]2CCCO)CC1. The normalized spacial score (nSPS) is 25.0. The summed E-state index contributed by atoms with van der Waals surface area (Å²) in [4.78, 5) is 22.8. The van der Waals surface area contributed by atoms with Gasteiger partial charge >= 0.3 is 0 Å². The van der Waals surface area contributed by atoms with Crippen LogP contribution in [-0.2, 0) is 0 Å². The first-order valence-electron chi connectivity index (χ1n) is 9.63. The molecule has 0 aliphatic carbocycles. The molecule has 2 aliphatic heterocycles. The van der Waals surface area contributed by atoms with Gasteiger partial charge in [-0.15, -0.1) is 0 Å². The van der Waals surface area contributed by atoms with E-state index in [0.29, 0.717) is 31.6 Å². The summed E-state index contributed by atoms with van der Waals surface area (Å²) in [5.74, 6) is -1.98. The number of piperidine rings is 1. The van der Waals surface area contributed by atoms with Gasteiger partial charge in [0.1, 0.15) is 5.82 Å². The number of carbonyl (C=O) groups is 1. The van der Waals surface area contributed by atoms with Gasteiger partial charge in [0.15, 0.2) is 11.5 Å². The number of amides is 1. The third-order valence-electron chi connectivity index (χ3n) is 5.73. The van der Waals surface area contributed by atoms with Crippen LogP contribution in [0.15, 0.2) is 12.3 Å². The summed E-state index contributed by atoms with van der Waals surface area (Å²) in [6.07, 6.45) is 3.18. The molecule has 1 aromatic rings. The van der Waals surface area contributed by atoms with Crippen molar-refractivity contribution in [3.05, 3.63) is 29.6 Å². The monoisotopic (exact) mass is 382 g/mol. The molecule has 0 radical (unpaired) electrons. The minimum absolute atomic E-state index is 0.119. The number of aliphatic hydroxyl groups excluding tert-OH is 1. The van der Waals surface area contributed by atoms with E-state index in [1.807, 2.05) is 0 Å². The van der Waals surface area contributed by atoms with E-state index in [1.165, 1.54) is 0 Å². The lowest BCUT2D eigenvalue weighted by Gasteiger charge is -2.46. The van der Waals surface area contributed by atoms with Crippen molar-refractivity contribution < 1.29 is 18.7 Å². The highest BCUT2D eigenvalue weighted by Gasteiger charge is 2.36. The van der Waals surface area contributed by atoms with Crippen molar-refractivity contribution in [1.82, 2.24) is 19.7 Å². The molecule has 2 saturated heterocycles. The largest absolute Gasteiger partial charge is 0.396 e. The molecule has 27 heavy (non-hydrogen) atoms. The van der Waals surface area contributed by atoms with E-state index in [0.717, 1.165) is 45.2 Å². The molecule has 0 saturated carbocycles. The lowest BCUT2D eigenvalue weighted by Crippen LogP contribution is -2.57. The second-order valence-corrected chi connectivity index (χ2v) is 7.56. The number of aromatic nitrogens is 1. The summed E-state index contributed by atoms with van der Waals surface area (Å²) in [6, 6.07) is 1.06. The average molecular weight is 382 g/mol. The Bertz CT molecular complexity index is 653. The fourth-order valence-corrected chi connectivity index (χ4v) is 4.20. The molecule has 2 fully saturated rings.